The summed E-state index contributed by atoms with van der Waals surface area (Å²) >= 11 is 0. The minimum Gasteiger partial charge on any atom is -0.300 e. The molecule has 1 nitrogen and oxygen atoms in total. The van der Waals surface area contributed by atoms with Gasteiger partial charge in [0, 0.05) is 18.4 Å². The maximum Gasteiger partial charge on any atom is 0.0680 e. The van der Waals surface area contributed by atoms with Crippen molar-refractivity contribution in [3.63, 3.8) is 0 Å². The first kappa shape index (κ1) is 5.24. The van der Waals surface area contributed by atoms with Crippen LogP contribution in [0.3, 0.4) is 0 Å². The maximum atomic E-state index is 3.06. The zero-order chi connectivity index (χ0) is 6.10. The molecule has 0 spiro atoms. The summed E-state index contributed by atoms with van der Waals surface area (Å²) < 4.78 is 0. The van der Waals surface area contributed by atoms with Crippen molar-refractivity contribution in [2.45, 2.75) is 6.04 Å². The van der Waals surface area contributed by atoms with Crippen molar-refractivity contribution in [3.05, 3.63) is 37.3 Å². The van der Waals surface area contributed by atoms with Crippen LogP contribution in [0.2, 0.25) is 0 Å². The average Bonchev–Trinajstić information content (AvgIpc) is 2.33. The predicted octanol–water partition coefficient (Wildman–Crippen LogP) is 0.820. The largest absolute Gasteiger partial charge is 0.300 e. The van der Waals surface area contributed by atoms with Crippen LogP contribution in [0.25, 0.3) is 0 Å². The van der Waals surface area contributed by atoms with Gasteiger partial charge in [0.25, 0.3) is 0 Å². The van der Waals surface area contributed by atoms with Crippen molar-refractivity contribution >= 4 is 0 Å². The smallest absolute Gasteiger partial charge is 0.0680 e. The summed E-state index contributed by atoms with van der Waals surface area (Å²) in [5.41, 5.74) is 0. The van der Waals surface area contributed by atoms with E-state index in [1.165, 1.54) is 0 Å². The van der Waals surface area contributed by atoms with Gasteiger partial charge < -0.3 is 5.32 Å². The Bertz CT molecular complexity index is 140. The standard InChI is InChI=1S/C8H7N/c1-2-4-8-7(3-1)5-6-9-8/h1-4,7-9H. The number of rotatable bonds is 0. The van der Waals surface area contributed by atoms with Gasteiger partial charge in [-0.15, -0.1) is 0 Å². The summed E-state index contributed by atoms with van der Waals surface area (Å²) in [6.07, 6.45) is 11.4. The van der Waals surface area contributed by atoms with Crippen molar-refractivity contribution < 1.29 is 0 Å². The van der Waals surface area contributed by atoms with Crippen LogP contribution in [-0.2, 0) is 0 Å². The second kappa shape index (κ2) is 1.99. The van der Waals surface area contributed by atoms with Gasteiger partial charge in [-0.2, -0.15) is 0 Å². The fourth-order valence-corrected chi connectivity index (χ4v) is 1.09. The lowest BCUT2D eigenvalue weighted by atomic mass is 9.97. The lowest BCUT2D eigenvalue weighted by Gasteiger charge is -2.12. The Kier molecular flexibility index (Phi) is 1.16. The molecule has 0 aromatic rings. The lowest BCUT2D eigenvalue weighted by Crippen LogP contribution is -2.23. The van der Waals surface area contributed by atoms with Crippen LogP contribution < -0.4 is 5.32 Å². The molecule has 44 valence electrons. The first-order valence-electron chi connectivity index (χ1n) is 3.08. The van der Waals surface area contributed by atoms with E-state index in [1.54, 1.807) is 0 Å². The van der Waals surface area contributed by atoms with Gasteiger partial charge in [-0.05, 0) is 0 Å². The highest BCUT2D eigenvalue weighted by molar-refractivity contribution is 5.25. The monoisotopic (exact) mass is 117 g/mol. The summed E-state index contributed by atoms with van der Waals surface area (Å²) in [6, 6.07) is 0.426. The molecule has 1 saturated heterocycles. The Morgan fingerprint density at radius 2 is 2.11 bits per heavy atom. The Morgan fingerprint density at radius 3 is 3.00 bits per heavy atom. The van der Waals surface area contributed by atoms with E-state index in [9.17, 15) is 0 Å². The van der Waals surface area contributed by atoms with Gasteiger partial charge in [0.1, 0.15) is 0 Å². The zero-order valence-electron chi connectivity index (χ0n) is 4.96. The molecule has 0 saturated carbocycles. The Hall–Kier alpha value is -0.560. The second-order valence-corrected chi connectivity index (χ2v) is 2.24. The number of hydrogen-bond acceptors (Lipinski definition) is 1. The zero-order valence-corrected chi connectivity index (χ0v) is 4.96. The third-order valence-corrected chi connectivity index (χ3v) is 1.61. The molecule has 1 fully saturated rings. The predicted molar refractivity (Wildman–Crippen MR) is 35.2 cm³/mol. The molecule has 0 amide bonds. The molecule has 9 heavy (non-hydrogen) atoms. The highest BCUT2D eigenvalue weighted by Gasteiger charge is 2.24. The Morgan fingerprint density at radius 1 is 1.22 bits per heavy atom. The molecule has 1 aliphatic heterocycles. The summed E-state index contributed by atoms with van der Waals surface area (Å²) in [6.45, 7) is 2.86. The highest BCUT2D eigenvalue weighted by Crippen LogP contribution is 2.21. The van der Waals surface area contributed by atoms with Gasteiger partial charge in [0.2, 0.25) is 0 Å². The minimum atomic E-state index is 0.426. The van der Waals surface area contributed by atoms with Crippen molar-refractivity contribution in [1.29, 1.82) is 0 Å². The van der Waals surface area contributed by atoms with Crippen LogP contribution >= 0.6 is 0 Å². The summed E-state index contributed by atoms with van der Waals surface area (Å²) in [7, 11) is 0. The molecule has 2 unspecified atom stereocenters. The van der Waals surface area contributed by atoms with Gasteiger partial charge in [0.05, 0.1) is 6.54 Å². The van der Waals surface area contributed by atoms with E-state index < -0.39 is 0 Å². The number of fused-ring (bicyclic) bond motifs is 1. The van der Waals surface area contributed by atoms with Crippen molar-refractivity contribution in [3.8, 4) is 0 Å². The molecule has 1 aliphatic carbocycles. The van der Waals surface area contributed by atoms with Crippen molar-refractivity contribution in [2.75, 3.05) is 0 Å². The Labute approximate surface area is 55.5 Å². The molecule has 0 aromatic heterocycles. The van der Waals surface area contributed by atoms with E-state index in [1.807, 2.05) is 12.2 Å². The molecule has 2 rings (SSSR count). The fourth-order valence-electron chi connectivity index (χ4n) is 1.09. The molecular weight excluding hydrogens is 110 g/mol. The van der Waals surface area contributed by atoms with E-state index in [-0.39, 0.29) is 0 Å². The molecule has 1 heteroatoms. The number of nitrogens with one attached hydrogen (secondary N) is 1. The molecule has 4 radical (unpaired) electrons. The fraction of sp³-hybridized carbons (Fsp3) is 0.250. The molecule has 2 atom stereocenters. The van der Waals surface area contributed by atoms with Crippen LogP contribution in [0.1, 0.15) is 0 Å². The van der Waals surface area contributed by atoms with Crippen LogP contribution in [0.5, 0.6) is 0 Å². The minimum absolute atomic E-state index is 0.426. The normalized spacial score (nSPS) is 39.1. The molecule has 0 aromatic carbocycles. The summed E-state index contributed by atoms with van der Waals surface area (Å²) in [4.78, 5) is 0. The average molecular weight is 117 g/mol. The molecule has 2 aliphatic rings. The Balaban J connectivity index is 2.18. The number of hydrogen-bond donors (Lipinski definition) is 1. The first-order valence-corrected chi connectivity index (χ1v) is 3.08. The van der Waals surface area contributed by atoms with Gasteiger partial charge in [-0.1, -0.05) is 24.3 Å². The van der Waals surface area contributed by atoms with E-state index in [4.69, 9.17) is 0 Å². The van der Waals surface area contributed by atoms with Crippen LogP contribution in [0.15, 0.2) is 24.3 Å². The van der Waals surface area contributed by atoms with E-state index in [0.29, 0.717) is 12.0 Å². The van der Waals surface area contributed by atoms with Gasteiger partial charge in [-0.3, -0.25) is 0 Å². The second-order valence-electron chi connectivity index (χ2n) is 2.24. The summed E-state index contributed by atoms with van der Waals surface area (Å²) in [5, 5.41) is 3.06. The van der Waals surface area contributed by atoms with Crippen LogP contribution in [0, 0.1) is 18.9 Å². The first-order chi connectivity index (χ1) is 4.47. The van der Waals surface area contributed by atoms with E-state index in [2.05, 4.69) is 30.4 Å². The van der Waals surface area contributed by atoms with Gasteiger partial charge in [0.15, 0.2) is 0 Å². The van der Waals surface area contributed by atoms with Crippen LogP contribution in [-0.4, -0.2) is 6.04 Å². The third kappa shape index (κ3) is 0.815. The van der Waals surface area contributed by atoms with E-state index >= 15 is 0 Å². The van der Waals surface area contributed by atoms with Gasteiger partial charge in [-0.25, -0.2) is 0 Å². The highest BCUT2D eigenvalue weighted by atomic mass is 14.9. The molecule has 0 bridgehead atoms. The van der Waals surface area contributed by atoms with E-state index in [0.717, 1.165) is 0 Å². The lowest BCUT2D eigenvalue weighted by molar-refractivity contribution is 0.650. The SMILES string of the molecule is [C]1[C]C2C=CC=CC2N1. The molecule has 1 heterocycles. The maximum absolute atomic E-state index is 3.06. The molecular formula is C8H7N. The number of allylic oxidation sites excluding steroid dienone is 2. The topological polar surface area (TPSA) is 12.0 Å². The molecule has 1 N–H and O–H groups in total. The van der Waals surface area contributed by atoms with Crippen LogP contribution in [0.4, 0.5) is 0 Å². The quantitative estimate of drug-likeness (QED) is 0.495. The van der Waals surface area contributed by atoms with Gasteiger partial charge >= 0.3 is 0 Å². The summed E-state index contributed by atoms with van der Waals surface area (Å²) in [5.74, 6) is 0.426. The third-order valence-electron chi connectivity index (χ3n) is 1.61. The van der Waals surface area contributed by atoms with Crippen molar-refractivity contribution in [2.24, 2.45) is 5.92 Å². The van der Waals surface area contributed by atoms with Crippen molar-refractivity contribution in [1.82, 2.24) is 5.32 Å².